The third-order valence-corrected chi connectivity index (χ3v) is 0. The summed E-state index contributed by atoms with van der Waals surface area (Å²) in [5, 5.41) is 14.8. The maximum atomic E-state index is 8.52. The van der Waals surface area contributed by atoms with Crippen LogP contribution in [-0.4, -0.2) is 14.3 Å². The van der Waals surface area contributed by atoms with Crippen LogP contribution in [0.25, 0.3) is 0 Å². The summed E-state index contributed by atoms with van der Waals surface area (Å²) < 4.78 is 8.52. The van der Waals surface area contributed by atoms with E-state index < -0.39 is 14.3 Å². The molecule has 0 rings (SSSR count). The smallest absolute Gasteiger partial charge is 0.0689 e. The Morgan fingerprint density at radius 2 is 1.25 bits per heavy atom. The third-order valence-electron chi connectivity index (χ3n) is 0. The summed E-state index contributed by atoms with van der Waals surface area (Å²) in [4.78, 5) is 25.3. The van der Waals surface area contributed by atoms with E-state index in [-0.39, 0.29) is 0 Å². The SMILES string of the molecule is O=[N+]([O-])[O-].O=[Si]([O-])[O-]. The molecule has 48 valence electrons. The molecule has 0 aromatic heterocycles. The van der Waals surface area contributed by atoms with Crippen LogP contribution in [0.4, 0.5) is 0 Å². The molecule has 0 aliphatic rings. The maximum absolute atomic E-state index is 8.52. The van der Waals surface area contributed by atoms with Crippen LogP contribution in [0.15, 0.2) is 0 Å². The Labute approximate surface area is 44.8 Å². The van der Waals surface area contributed by atoms with E-state index in [4.69, 9.17) is 29.4 Å². The van der Waals surface area contributed by atoms with Gasteiger partial charge in [-0.25, -0.2) is 0 Å². The molecule has 0 atom stereocenters. The summed E-state index contributed by atoms with van der Waals surface area (Å²) in [6, 6.07) is 0. The first-order valence-electron chi connectivity index (χ1n) is 1.16. The highest BCUT2D eigenvalue weighted by Gasteiger charge is 1.45. The highest BCUT2D eigenvalue weighted by atomic mass is 28.3. The van der Waals surface area contributed by atoms with Crippen LogP contribution in [0.1, 0.15) is 0 Å². The van der Waals surface area contributed by atoms with Gasteiger partial charge in [-0.3, -0.25) is 0 Å². The second kappa shape index (κ2) is 5.82. The molecule has 0 aromatic rings. The molecule has 0 fully saturated rings. The molecular formula is NO6Si-3. The summed E-state index contributed by atoms with van der Waals surface area (Å²) >= 11 is 0. The van der Waals surface area contributed by atoms with Crippen molar-refractivity contribution >= 4 is 9.17 Å². The molecule has 8 heteroatoms. The minimum atomic E-state index is -3.63. The molecule has 0 aliphatic carbocycles. The van der Waals surface area contributed by atoms with Crippen molar-refractivity contribution in [1.29, 1.82) is 0 Å². The van der Waals surface area contributed by atoms with E-state index in [0.29, 0.717) is 0 Å². The molecule has 0 bridgehead atoms. The van der Waals surface area contributed by atoms with Crippen molar-refractivity contribution in [2.24, 2.45) is 0 Å². The number of nitrogens with zero attached hydrogens (tertiary/aromatic N) is 1. The van der Waals surface area contributed by atoms with Gasteiger partial charge in [0.25, 0.3) is 0 Å². The standard InChI is InChI=1S/NO3.O3Si/c2-1(3)4;1-4(2)3/q-1;-2. The highest BCUT2D eigenvalue weighted by Crippen LogP contribution is 1.44. The molecule has 0 saturated carbocycles. The molecule has 0 aromatic carbocycles. The molecule has 0 heterocycles. The average Bonchev–Trinajstić information content (AvgIpc) is 1.25. The van der Waals surface area contributed by atoms with Crippen LogP contribution < -0.4 is 9.59 Å². The minimum Gasteiger partial charge on any atom is -0.672 e. The predicted octanol–water partition coefficient (Wildman–Crippen LogP) is -3.12. The van der Waals surface area contributed by atoms with Gasteiger partial charge >= 0.3 is 0 Å². The van der Waals surface area contributed by atoms with E-state index in [1.807, 2.05) is 0 Å². The van der Waals surface area contributed by atoms with Crippen LogP contribution in [0.5, 0.6) is 0 Å². The Kier molecular flexibility index (Phi) is 7.23. The molecule has 0 amide bonds. The van der Waals surface area contributed by atoms with Crippen molar-refractivity contribution < 1.29 is 19.1 Å². The zero-order valence-electron chi connectivity index (χ0n) is 3.40. The van der Waals surface area contributed by atoms with Gasteiger partial charge in [-0.05, 0) is 0 Å². The second-order valence-electron chi connectivity index (χ2n) is 0.474. The maximum Gasteiger partial charge on any atom is 0.0689 e. The quantitative estimate of drug-likeness (QED) is 0.198. The number of hydrogen-bond donors (Lipinski definition) is 0. The molecule has 8 heavy (non-hydrogen) atoms. The lowest BCUT2D eigenvalue weighted by molar-refractivity contribution is -0.402. The monoisotopic (exact) mass is 138 g/mol. The third kappa shape index (κ3) is 50.1. The van der Waals surface area contributed by atoms with Crippen LogP contribution in [-0.2, 0) is 4.46 Å². The van der Waals surface area contributed by atoms with E-state index in [1.54, 1.807) is 0 Å². The van der Waals surface area contributed by atoms with Gasteiger partial charge in [-0.2, -0.15) is 0 Å². The minimum absolute atomic E-state index is 1.75. The summed E-state index contributed by atoms with van der Waals surface area (Å²) in [6.45, 7) is 0. The number of hydrogen-bond acceptors (Lipinski definition) is 6. The first kappa shape index (κ1) is 9.94. The zero-order chi connectivity index (χ0) is 7.15. The van der Waals surface area contributed by atoms with Gasteiger partial charge in [0.15, 0.2) is 0 Å². The van der Waals surface area contributed by atoms with Crippen LogP contribution in [0.3, 0.4) is 0 Å². The van der Waals surface area contributed by atoms with E-state index in [2.05, 4.69) is 0 Å². The zero-order valence-corrected chi connectivity index (χ0v) is 4.40. The van der Waals surface area contributed by atoms with Crippen LogP contribution >= 0.6 is 0 Å². The predicted molar refractivity (Wildman–Crippen MR) is 16.8 cm³/mol. The Morgan fingerprint density at radius 1 is 1.25 bits per heavy atom. The van der Waals surface area contributed by atoms with E-state index in [1.165, 1.54) is 0 Å². The fourth-order valence-electron chi connectivity index (χ4n) is 0. The second-order valence-corrected chi connectivity index (χ2v) is 0.974. The largest absolute Gasteiger partial charge is 0.672 e. The Balaban J connectivity index is 0. The molecule has 0 unspecified atom stereocenters. The van der Waals surface area contributed by atoms with Crippen molar-refractivity contribution in [3.8, 4) is 0 Å². The first-order valence-corrected chi connectivity index (χ1v) is 2.38. The van der Waals surface area contributed by atoms with Gasteiger partial charge < -0.3 is 29.4 Å². The normalized spacial score (nSPS) is 6.00. The summed E-state index contributed by atoms with van der Waals surface area (Å²) in [5.74, 6) is 0. The lowest BCUT2D eigenvalue weighted by Crippen LogP contribution is -2.34. The Hall–Kier alpha value is -1.18. The molecule has 0 N–H and O–H groups in total. The summed E-state index contributed by atoms with van der Waals surface area (Å²) in [7, 11) is -3.63. The van der Waals surface area contributed by atoms with Crippen LogP contribution in [0.2, 0.25) is 0 Å². The molecule has 7 nitrogen and oxygen atoms in total. The average molecular weight is 138 g/mol. The Bertz CT molecular complexity index is 66.5. The highest BCUT2D eigenvalue weighted by molar-refractivity contribution is 6.17. The summed E-state index contributed by atoms with van der Waals surface area (Å²) in [6.07, 6.45) is 0. The van der Waals surface area contributed by atoms with E-state index >= 15 is 0 Å². The lowest BCUT2D eigenvalue weighted by atomic mass is 13.1. The van der Waals surface area contributed by atoms with Gasteiger partial charge in [0.2, 0.25) is 0 Å². The van der Waals surface area contributed by atoms with E-state index in [9.17, 15) is 0 Å². The fourth-order valence-corrected chi connectivity index (χ4v) is 0. The molecular weight excluding hydrogens is 138 g/mol. The van der Waals surface area contributed by atoms with Crippen molar-refractivity contribution in [3.05, 3.63) is 15.3 Å². The molecule has 0 spiro atoms. The fraction of sp³-hybridized carbons (Fsp3) is 0. The van der Waals surface area contributed by atoms with Gasteiger partial charge in [-0.15, -0.1) is 0 Å². The first-order chi connectivity index (χ1) is 3.46. The number of rotatable bonds is 0. The van der Waals surface area contributed by atoms with Crippen molar-refractivity contribution in [2.75, 3.05) is 0 Å². The van der Waals surface area contributed by atoms with Gasteiger partial charge in [0, 0.05) is 9.17 Å². The molecule has 0 saturated heterocycles. The van der Waals surface area contributed by atoms with Gasteiger partial charge in [0.05, 0.1) is 5.09 Å². The van der Waals surface area contributed by atoms with Crippen molar-refractivity contribution in [2.45, 2.75) is 0 Å². The Morgan fingerprint density at radius 3 is 1.25 bits per heavy atom. The van der Waals surface area contributed by atoms with E-state index in [0.717, 1.165) is 0 Å². The van der Waals surface area contributed by atoms with Crippen molar-refractivity contribution in [1.82, 2.24) is 0 Å². The molecule has 0 radical (unpaired) electrons. The summed E-state index contributed by atoms with van der Waals surface area (Å²) in [5.41, 5.74) is 0. The van der Waals surface area contributed by atoms with Gasteiger partial charge in [-0.1, -0.05) is 0 Å². The molecule has 0 aliphatic heterocycles. The van der Waals surface area contributed by atoms with Gasteiger partial charge in [0.1, 0.15) is 0 Å². The van der Waals surface area contributed by atoms with Crippen molar-refractivity contribution in [3.63, 3.8) is 0 Å². The van der Waals surface area contributed by atoms with Crippen LogP contribution in [0, 0.1) is 15.3 Å². The topological polar surface area (TPSA) is 129 Å². The lowest BCUT2D eigenvalue weighted by Gasteiger charge is -1.94.